The van der Waals surface area contributed by atoms with Crippen LogP contribution in [-0.2, 0) is 4.79 Å². The third-order valence-corrected chi connectivity index (χ3v) is 5.29. The molecule has 0 aliphatic carbocycles. The van der Waals surface area contributed by atoms with Crippen LogP contribution in [0.25, 0.3) is 0 Å². The van der Waals surface area contributed by atoms with Crippen LogP contribution in [0.15, 0.2) is 71.6 Å². The van der Waals surface area contributed by atoms with Gasteiger partial charge in [0.1, 0.15) is 17.3 Å². The first-order valence-electron chi connectivity index (χ1n) is 9.31. The Balaban J connectivity index is 1.55. The molecule has 8 heteroatoms. The Morgan fingerprint density at radius 3 is 2.35 bits per heavy atom. The van der Waals surface area contributed by atoms with Crippen molar-refractivity contribution in [3.05, 3.63) is 78.1 Å². The highest BCUT2D eigenvalue weighted by atomic mass is 32.2. The zero-order chi connectivity index (χ0) is 22.2. The number of carbonyl (C=O) groups is 2. The fraction of sp³-hybridized carbons (Fsp3) is 0.130. The molecule has 2 N–H and O–H groups in total. The van der Waals surface area contributed by atoms with Gasteiger partial charge in [-0.1, -0.05) is 12.1 Å². The highest BCUT2D eigenvalue weighted by molar-refractivity contribution is 8.00. The summed E-state index contributed by atoms with van der Waals surface area (Å²) in [6.45, 7) is 0. The third-order valence-electron chi connectivity index (χ3n) is 4.28. The minimum atomic E-state index is -0.578. The summed E-state index contributed by atoms with van der Waals surface area (Å²) in [4.78, 5) is 25.4. The van der Waals surface area contributed by atoms with E-state index in [-0.39, 0.29) is 17.2 Å². The molecule has 3 aromatic carbocycles. The maximum atomic E-state index is 13.7. The van der Waals surface area contributed by atoms with Crippen molar-refractivity contribution < 1.29 is 23.5 Å². The van der Waals surface area contributed by atoms with Gasteiger partial charge in [-0.25, -0.2) is 4.39 Å². The molecule has 3 rings (SSSR count). The van der Waals surface area contributed by atoms with Crippen LogP contribution in [0.2, 0.25) is 0 Å². The Labute approximate surface area is 183 Å². The van der Waals surface area contributed by atoms with Crippen LogP contribution >= 0.6 is 11.8 Å². The van der Waals surface area contributed by atoms with Gasteiger partial charge in [0.25, 0.3) is 5.91 Å². The maximum Gasteiger partial charge on any atom is 0.258 e. The third kappa shape index (κ3) is 5.99. The van der Waals surface area contributed by atoms with E-state index in [4.69, 9.17) is 9.47 Å². The van der Waals surface area contributed by atoms with Crippen molar-refractivity contribution in [3.63, 3.8) is 0 Å². The van der Waals surface area contributed by atoms with Gasteiger partial charge in [0.05, 0.1) is 31.2 Å². The number of methoxy groups -OCH3 is 2. The zero-order valence-corrected chi connectivity index (χ0v) is 17.8. The molecule has 31 heavy (non-hydrogen) atoms. The second-order valence-electron chi connectivity index (χ2n) is 6.36. The van der Waals surface area contributed by atoms with E-state index in [1.807, 2.05) is 0 Å². The van der Waals surface area contributed by atoms with E-state index in [0.717, 1.165) is 4.90 Å². The molecule has 0 saturated heterocycles. The zero-order valence-electron chi connectivity index (χ0n) is 17.0. The van der Waals surface area contributed by atoms with Gasteiger partial charge >= 0.3 is 0 Å². The van der Waals surface area contributed by atoms with Crippen molar-refractivity contribution in [2.24, 2.45) is 0 Å². The lowest BCUT2D eigenvalue weighted by atomic mass is 10.2. The molecule has 0 spiro atoms. The summed E-state index contributed by atoms with van der Waals surface area (Å²) in [5, 5.41) is 5.46. The lowest BCUT2D eigenvalue weighted by molar-refractivity contribution is -0.113. The molecular formula is C23H21FN2O4S. The van der Waals surface area contributed by atoms with Crippen molar-refractivity contribution in [2.75, 3.05) is 30.6 Å². The van der Waals surface area contributed by atoms with Gasteiger partial charge in [-0.05, 0) is 48.5 Å². The molecular weight excluding hydrogens is 419 g/mol. The second kappa shape index (κ2) is 10.5. The minimum absolute atomic E-state index is 0.0226. The summed E-state index contributed by atoms with van der Waals surface area (Å²) in [7, 11) is 3.07. The number of hydrogen-bond donors (Lipinski definition) is 2. The number of nitrogens with one attached hydrogen (secondary N) is 2. The van der Waals surface area contributed by atoms with Crippen LogP contribution in [0.3, 0.4) is 0 Å². The first-order chi connectivity index (χ1) is 15.0. The Morgan fingerprint density at radius 2 is 1.68 bits per heavy atom. The van der Waals surface area contributed by atoms with Crippen molar-refractivity contribution in [3.8, 4) is 11.5 Å². The van der Waals surface area contributed by atoms with Crippen molar-refractivity contribution in [1.82, 2.24) is 0 Å². The molecule has 0 radical (unpaired) electrons. The Kier molecular flexibility index (Phi) is 7.50. The number of hydrogen-bond acceptors (Lipinski definition) is 5. The van der Waals surface area contributed by atoms with Gasteiger partial charge in [0, 0.05) is 16.6 Å². The Hall–Kier alpha value is -3.52. The van der Waals surface area contributed by atoms with Gasteiger partial charge < -0.3 is 20.1 Å². The van der Waals surface area contributed by atoms with E-state index in [9.17, 15) is 14.0 Å². The summed E-state index contributed by atoms with van der Waals surface area (Å²) in [6, 6.07) is 17.9. The average molecular weight is 440 g/mol. The number of carbonyl (C=O) groups excluding carboxylic acids is 2. The van der Waals surface area contributed by atoms with E-state index in [1.54, 1.807) is 55.6 Å². The largest absolute Gasteiger partial charge is 0.497 e. The molecule has 3 aromatic rings. The van der Waals surface area contributed by atoms with E-state index in [1.165, 1.54) is 37.1 Å². The predicted octanol–water partition coefficient (Wildman–Crippen LogP) is 4.83. The maximum absolute atomic E-state index is 13.7. The van der Waals surface area contributed by atoms with E-state index < -0.39 is 11.7 Å². The minimum Gasteiger partial charge on any atom is -0.497 e. The number of halogens is 1. The quantitative estimate of drug-likeness (QED) is 0.491. The number of rotatable bonds is 8. The van der Waals surface area contributed by atoms with Crippen LogP contribution in [0.5, 0.6) is 11.5 Å². The van der Waals surface area contributed by atoms with Crippen LogP contribution in [0.4, 0.5) is 15.8 Å². The van der Waals surface area contributed by atoms with Crippen LogP contribution in [0, 0.1) is 5.82 Å². The lowest BCUT2D eigenvalue weighted by Gasteiger charge is -2.12. The lowest BCUT2D eigenvalue weighted by Crippen LogP contribution is -2.15. The summed E-state index contributed by atoms with van der Waals surface area (Å²) >= 11 is 1.34. The smallest absolute Gasteiger partial charge is 0.258 e. The van der Waals surface area contributed by atoms with Crippen molar-refractivity contribution >= 4 is 35.0 Å². The number of ether oxygens (including phenoxy) is 2. The first-order valence-corrected chi connectivity index (χ1v) is 10.3. The van der Waals surface area contributed by atoms with Crippen LogP contribution in [-0.4, -0.2) is 31.8 Å². The fourth-order valence-corrected chi connectivity index (χ4v) is 3.42. The predicted molar refractivity (Wildman–Crippen MR) is 120 cm³/mol. The molecule has 0 fully saturated rings. The second-order valence-corrected chi connectivity index (χ2v) is 7.41. The van der Waals surface area contributed by atoms with Gasteiger partial charge in [0.15, 0.2) is 0 Å². The van der Waals surface area contributed by atoms with Crippen molar-refractivity contribution in [2.45, 2.75) is 4.90 Å². The van der Waals surface area contributed by atoms with Gasteiger partial charge in [0.2, 0.25) is 5.91 Å². The van der Waals surface area contributed by atoms with Crippen molar-refractivity contribution in [1.29, 1.82) is 0 Å². The van der Waals surface area contributed by atoms with E-state index in [2.05, 4.69) is 10.6 Å². The molecule has 0 aromatic heterocycles. The molecule has 0 saturated carbocycles. The Bertz CT molecular complexity index is 1070. The van der Waals surface area contributed by atoms with Crippen LogP contribution in [0.1, 0.15) is 10.4 Å². The van der Waals surface area contributed by atoms with E-state index >= 15 is 0 Å². The molecule has 0 bridgehead atoms. The summed E-state index contributed by atoms with van der Waals surface area (Å²) in [5.74, 6) is 0.0247. The highest BCUT2D eigenvalue weighted by Crippen LogP contribution is 2.29. The molecule has 0 unspecified atom stereocenters. The molecule has 0 atom stereocenters. The molecule has 0 aliphatic heterocycles. The fourth-order valence-electron chi connectivity index (χ4n) is 2.73. The van der Waals surface area contributed by atoms with Crippen LogP contribution < -0.4 is 20.1 Å². The molecule has 6 nitrogen and oxygen atoms in total. The monoisotopic (exact) mass is 440 g/mol. The molecule has 0 aliphatic rings. The summed E-state index contributed by atoms with van der Waals surface area (Å²) in [6.07, 6.45) is 0. The molecule has 0 heterocycles. The van der Waals surface area contributed by atoms with E-state index in [0.29, 0.717) is 22.9 Å². The number of anilines is 2. The SMILES string of the molecule is COc1ccc(OC)c(NC(=O)CSc2ccc(NC(=O)c3ccccc3F)cc2)c1. The number of benzene rings is 3. The average Bonchev–Trinajstić information content (AvgIpc) is 2.78. The summed E-state index contributed by atoms with van der Waals surface area (Å²) in [5.41, 5.74) is 1.03. The molecule has 2 amide bonds. The summed E-state index contributed by atoms with van der Waals surface area (Å²) < 4.78 is 24.1. The topological polar surface area (TPSA) is 76.7 Å². The van der Waals surface area contributed by atoms with Gasteiger partial charge in [-0.15, -0.1) is 11.8 Å². The standard InChI is InChI=1S/C23H21FN2O4S/c1-29-16-9-12-21(30-2)20(13-16)26-22(27)14-31-17-10-7-15(8-11-17)25-23(28)18-5-3-4-6-19(18)24/h3-13H,14H2,1-2H3,(H,25,28)(H,26,27). The normalized spacial score (nSPS) is 10.3. The Morgan fingerprint density at radius 1 is 0.935 bits per heavy atom. The highest BCUT2D eigenvalue weighted by Gasteiger charge is 2.12. The first kappa shape index (κ1) is 22.2. The number of thioether (sulfide) groups is 1. The van der Waals surface area contributed by atoms with Gasteiger partial charge in [-0.3, -0.25) is 9.59 Å². The molecule has 160 valence electrons. The number of amides is 2. The van der Waals surface area contributed by atoms with Gasteiger partial charge in [-0.2, -0.15) is 0 Å².